The van der Waals surface area contributed by atoms with E-state index in [0.717, 1.165) is 0 Å². The molecule has 0 radical (unpaired) electrons. The van der Waals surface area contributed by atoms with E-state index >= 15 is 0 Å². The normalized spacial score (nSPS) is 11.4. The van der Waals surface area contributed by atoms with Gasteiger partial charge in [0.25, 0.3) is 0 Å². The van der Waals surface area contributed by atoms with Gasteiger partial charge in [0.05, 0.1) is 19.6 Å². The summed E-state index contributed by atoms with van der Waals surface area (Å²) in [6.45, 7) is 1.78. The minimum absolute atomic E-state index is 0.149. The van der Waals surface area contributed by atoms with Gasteiger partial charge in [-0.15, -0.1) is 0 Å². The Bertz CT molecular complexity index is 160. The molecule has 0 aromatic rings. The molecule has 1 atom stereocenters. The van der Waals surface area contributed by atoms with Crippen molar-refractivity contribution in [2.24, 2.45) is 10.9 Å². The lowest BCUT2D eigenvalue weighted by atomic mass is 10.2. The Kier molecular flexibility index (Phi) is 4.16. The van der Waals surface area contributed by atoms with Gasteiger partial charge in [0.15, 0.2) is 0 Å². The molecule has 4 heteroatoms. The maximum Gasteiger partial charge on any atom is 0.310 e. The van der Waals surface area contributed by atoms with E-state index in [0.29, 0.717) is 0 Å². The first kappa shape index (κ1) is 8.85. The average molecular weight is 143 g/mol. The lowest BCUT2D eigenvalue weighted by Crippen LogP contribution is -2.15. The van der Waals surface area contributed by atoms with E-state index in [-0.39, 0.29) is 18.4 Å². The zero-order valence-electron chi connectivity index (χ0n) is 5.96. The van der Waals surface area contributed by atoms with Gasteiger partial charge in [-0.3, -0.25) is 4.79 Å². The van der Waals surface area contributed by atoms with E-state index in [1.165, 1.54) is 13.2 Å². The molecule has 0 amide bonds. The van der Waals surface area contributed by atoms with Gasteiger partial charge >= 0.3 is 5.97 Å². The highest BCUT2D eigenvalue weighted by Gasteiger charge is 2.10. The number of ether oxygens (including phenoxy) is 1. The molecule has 0 rings (SSSR count). The van der Waals surface area contributed by atoms with Gasteiger partial charge in [-0.1, -0.05) is 6.92 Å². The van der Waals surface area contributed by atoms with Crippen LogP contribution >= 0.6 is 0 Å². The van der Waals surface area contributed by atoms with Crippen LogP contribution in [0.2, 0.25) is 0 Å². The summed E-state index contributed by atoms with van der Waals surface area (Å²) in [5, 5.41) is 0. The van der Waals surface area contributed by atoms with Crippen LogP contribution in [-0.4, -0.2) is 25.7 Å². The van der Waals surface area contributed by atoms with E-state index in [2.05, 4.69) is 9.73 Å². The highest BCUT2D eigenvalue weighted by Crippen LogP contribution is 1.96. The Labute approximate surface area is 58.9 Å². The summed E-state index contributed by atoms with van der Waals surface area (Å²) in [5.74, 6) is -0.717. The van der Waals surface area contributed by atoms with Crippen molar-refractivity contribution in [1.82, 2.24) is 0 Å². The second-order valence-electron chi connectivity index (χ2n) is 1.86. The molecule has 0 aromatic carbocycles. The molecule has 1 unspecified atom stereocenters. The number of rotatable bonds is 3. The van der Waals surface area contributed by atoms with E-state index in [9.17, 15) is 9.59 Å². The largest absolute Gasteiger partial charge is 0.469 e. The molecule has 0 aliphatic rings. The Morgan fingerprint density at radius 1 is 1.80 bits per heavy atom. The van der Waals surface area contributed by atoms with Crippen molar-refractivity contribution in [2.75, 3.05) is 13.7 Å². The third-order valence-electron chi connectivity index (χ3n) is 1.03. The maximum atomic E-state index is 10.6. The van der Waals surface area contributed by atoms with Crippen molar-refractivity contribution in [3.63, 3.8) is 0 Å². The average Bonchev–Trinajstić information content (AvgIpc) is 1.98. The fourth-order valence-electron chi connectivity index (χ4n) is 0.450. The summed E-state index contributed by atoms with van der Waals surface area (Å²) in [6, 6.07) is 0. The molecule has 0 bridgehead atoms. The van der Waals surface area contributed by atoms with E-state index in [1.807, 2.05) is 0 Å². The molecule has 0 saturated carbocycles. The summed E-state index contributed by atoms with van der Waals surface area (Å²) in [7, 11) is 1.30. The minimum Gasteiger partial charge on any atom is -0.469 e. The van der Waals surface area contributed by atoms with Crippen LogP contribution in [-0.2, 0) is 14.3 Å². The van der Waals surface area contributed by atoms with Crippen molar-refractivity contribution in [1.29, 1.82) is 0 Å². The van der Waals surface area contributed by atoms with E-state index in [4.69, 9.17) is 0 Å². The summed E-state index contributed by atoms with van der Waals surface area (Å²) < 4.78 is 4.38. The lowest BCUT2D eigenvalue weighted by Gasteiger charge is -2.02. The molecule has 0 saturated heterocycles. The lowest BCUT2D eigenvalue weighted by molar-refractivity contribution is -0.144. The van der Waals surface area contributed by atoms with Crippen LogP contribution < -0.4 is 0 Å². The molecule has 56 valence electrons. The molecule has 10 heavy (non-hydrogen) atoms. The number of carbonyl (C=O) groups excluding carboxylic acids is 2. The van der Waals surface area contributed by atoms with Crippen LogP contribution in [0.4, 0.5) is 0 Å². The van der Waals surface area contributed by atoms with Crippen molar-refractivity contribution in [3.8, 4) is 0 Å². The molecule has 0 aromatic heterocycles. The fraction of sp³-hybridized carbons (Fsp3) is 0.667. The first-order chi connectivity index (χ1) is 4.72. The Balaban J connectivity index is 3.72. The second-order valence-corrected chi connectivity index (χ2v) is 1.86. The summed E-state index contributed by atoms with van der Waals surface area (Å²) in [4.78, 5) is 23.4. The number of methoxy groups -OCH3 is 1. The van der Waals surface area contributed by atoms with Crippen molar-refractivity contribution < 1.29 is 14.3 Å². The minimum atomic E-state index is -0.362. The van der Waals surface area contributed by atoms with Crippen molar-refractivity contribution in [3.05, 3.63) is 0 Å². The van der Waals surface area contributed by atoms with E-state index in [1.54, 1.807) is 6.92 Å². The number of aliphatic imine (C=N–C) groups is 1. The van der Waals surface area contributed by atoms with Crippen LogP contribution in [0.5, 0.6) is 0 Å². The molecule has 0 fully saturated rings. The van der Waals surface area contributed by atoms with Gasteiger partial charge in [0.1, 0.15) is 0 Å². The standard InChI is InChI=1S/C6H9NO3/c1-5(3-7-4-8)6(9)10-2/h5H,3H2,1-2H3. The van der Waals surface area contributed by atoms with Crippen LogP contribution in [0.3, 0.4) is 0 Å². The SMILES string of the molecule is COC(=O)C(C)CN=C=O. The molecular formula is C6H9NO3. The quantitative estimate of drug-likeness (QED) is 0.320. The highest BCUT2D eigenvalue weighted by molar-refractivity contribution is 5.72. The molecular weight excluding hydrogens is 134 g/mol. The molecule has 0 N–H and O–H groups in total. The molecule has 0 aliphatic carbocycles. The number of hydrogen-bond donors (Lipinski definition) is 0. The number of carbonyl (C=O) groups is 1. The third kappa shape index (κ3) is 2.99. The van der Waals surface area contributed by atoms with Crippen LogP contribution in [0, 0.1) is 5.92 Å². The number of nitrogens with zero attached hydrogens (tertiary/aromatic N) is 1. The monoisotopic (exact) mass is 143 g/mol. The van der Waals surface area contributed by atoms with Gasteiger partial charge in [0.2, 0.25) is 6.08 Å². The number of isocyanates is 1. The van der Waals surface area contributed by atoms with Gasteiger partial charge in [-0.25, -0.2) is 9.79 Å². The van der Waals surface area contributed by atoms with Gasteiger partial charge in [0, 0.05) is 0 Å². The van der Waals surface area contributed by atoms with Crippen LogP contribution in [0.15, 0.2) is 4.99 Å². The molecule has 0 aliphatic heterocycles. The van der Waals surface area contributed by atoms with Gasteiger partial charge in [-0.2, -0.15) is 0 Å². The first-order valence-corrected chi connectivity index (χ1v) is 2.83. The maximum absolute atomic E-state index is 10.6. The van der Waals surface area contributed by atoms with Crippen molar-refractivity contribution in [2.45, 2.75) is 6.92 Å². The third-order valence-corrected chi connectivity index (χ3v) is 1.03. The Morgan fingerprint density at radius 3 is 2.80 bits per heavy atom. The predicted molar refractivity (Wildman–Crippen MR) is 34.2 cm³/mol. The highest BCUT2D eigenvalue weighted by atomic mass is 16.5. The zero-order chi connectivity index (χ0) is 7.98. The van der Waals surface area contributed by atoms with Crippen LogP contribution in [0.25, 0.3) is 0 Å². The predicted octanol–water partition coefficient (Wildman–Crippen LogP) is 0.131. The first-order valence-electron chi connectivity index (χ1n) is 2.83. The van der Waals surface area contributed by atoms with Crippen molar-refractivity contribution >= 4 is 12.0 Å². The topological polar surface area (TPSA) is 55.7 Å². The van der Waals surface area contributed by atoms with E-state index < -0.39 is 0 Å². The zero-order valence-corrected chi connectivity index (χ0v) is 5.96. The fourth-order valence-corrected chi connectivity index (χ4v) is 0.450. The smallest absolute Gasteiger partial charge is 0.310 e. The second kappa shape index (κ2) is 4.70. The molecule has 4 nitrogen and oxygen atoms in total. The van der Waals surface area contributed by atoms with Gasteiger partial charge in [-0.05, 0) is 0 Å². The molecule has 0 spiro atoms. The summed E-state index contributed by atoms with van der Waals surface area (Å²) in [6.07, 6.45) is 1.34. The van der Waals surface area contributed by atoms with Crippen LogP contribution in [0.1, 0.15) is 6.92 Å². The Hall–Kier alpha value is -1.15. The summed E-state index contributed by atoms with van der Waals surface area (Å²) >= 11 is 0. The number of esters is 1. The Morgan fingerprint density at radius 2 is 2.40 bits per heavy atom. The summed E-state index contributed by atoms with van der Waals surface area (Å²) in [5.41, 5.74) is 0. The van der Waals surface area contributed by atoms with Gasteiger partial charge < -0.3 is 4.74 Å². The molecule has 0 heterocycles. The number of hydrogen-bond acceptors (Lipinski definition) is 4.